The molecule has 4 heteroatoms. The van der Waals surface area contributed by atoms with Crippen molar-refractivity contribution in [3.8, 4) is 0 Å². The standard InChI is InChI=1S/C15H19N3O/c1-12(19)15(16-2)8-14-10-18(11-17-14)9-13-6-4-3-5-7-13/h3-7,10-11,15-16H,8-9H2,1-2H3. The molecule has 0 aliphatic rings. The van der Waals surface area contributed by atoms with Gasteiger partial charge in [-0.3, -0.25) is 4.79 Å². The summed E-state index contributed by atoms with van der Waals surface area (Å²) in [6.07, 6.45) is 4.45. The molecule has 0 spiro atoms. The van der Waals surface area contributed by atoms with Crippen molar-refractivity contribution < 1.29 is 4.79 Å². The molecule has 0 aliphatic carbocycles. The van der Waals surface area contributed by atoms with Crippen LogP contribution in [0, 0.1) is 0 Å². The third kappa shape index (κ3) is 3.76. The number of carbonyl (C=O) groups is 1. The topological polar surface area (TPSA) is 46.9 Å². The number of carbonyl (C=O) groups excluding carboxylic acids is 1. The first-order valence-electron chi connectivity index (χ1n) is 6.41. The molecule has 1 aromatic carbocycles. The van der Waals surface area contributed by atoms with E-state index in [4.69, 9.17) is 0 Å². The number of nitrogens with zero attached hydrogens (tertiary/aromatic N) is 2. The van der Waals surface area contributed by atoms with Gasteiger partial charge in [0.1, 0.15) is 5.78 Å². The summed E-state index contributed by atoms with van der Waals surface area (Å²) >= 11 is 0. The van der Waals surface area contributed by atoms with Gasteiger partial charge in [0, 0.05) is 19.2 Å². The van der Waals surface area contributed by atoms with E-state index in [1.165, 1.54) is 5.56 Å². The Bertz CT molecular complexity index is 533. The zero-order chi connectivity index (χ0) is 13.7. The monoisotopic (exact) mass is 257 g/mol. The molecule has 0 amide bonds. The SMILES string of the molecule is CNC(Cc1cn(Cc2ccccc2)cn1)C(C)=O. The molecular formula is C15H19N3O. The molecule has 4 nitrogen and oxygen atoms in total. The molecule has 0 saturated carbocycles. The largest absolute Gasteiger partial charge is 0.333 e. The molecule has 1 N–H and O–H groups in total. The minimum Gasteiger partial charge on any atom is -0.333 e. The highest BCUT2D eigenvalue weighted by Gasteiger charge is 2.13. The second kappa shape index (κ2) is 6.29. The fraction of sp³-hybridized carbons (Fsp3) is 0.333. The summed E-state index contributed by atoms with van der Waals surface area (Å²) in [6.45, 7) is 2.40. The number of benzene rings is 1. The molecule has 0 fully saturated rings. The van der Waals surface area contributed by atoms with Crippen molar-refractivity contribution in [3.63, 3.8) is 0 Å². The Labute approximate surface area is 113 Å². The first-order valence-corrected chi connectivity index (χ1v) is 6.41. The number of nitrogens with one attached hydrogen (secondary N) is 1. The van der Waals surface area contributed by atoms with Gasteiger partial charge in [0.15, 0.2) is 0 Å². The van der Waals surface area contributed by atoms with E-state index in [0.717, 1.165) is 12.2 Å². The van der Waals surface area contributed by atoms with Crippen LogP contribution in [-0.4, -0.2) is 28.4 Å². The summed E-state index contributed by atoms with van der Waals surface area (Å²) in [5, 5.41) is 3.01. The van der Waals surface area contributed by atoms with E-state index in [9.17, 15) is 4.79 Å². The van der Waals surface area contributed by atoms with Crippen LogP contribution >= 0.6 is 0 Å². The maximum atomic E-state index is 11.4. The third-order valence-electron chi connectivity index (χ3n) is 3.15. The molecule has 1 heterocycles. The molecule has 1 atom stereocenters. The number of hydrogen-bond acceptors (Lipinski definition) is 3. The molecule has 0 bridgehead atoms. The number of hydrogen-bond donors (Lipinski definition) is 1. The van der Waals surface area contributed by atoms with Crippen LogP contribution in [-0.2, 0) is 17.8 Å². The molecule has 19 heavy (non-hydrogen) atoms. The van der Waals surface area contributed by atoms with Gasteiger partial charge in [-0.2, -0.15) is 0 Å². The van der Waals surface area contributed by atoms with Crippen molar-refractivity contribution in [2.24, 2.45) is 0 Å². The van der Waals surface area contributed by atoms with E-state index in [2.05, 4.69) is 22.4 Å². The summed E-state index contributed by atoms with van der Waals surface area (Å²) in [5.74, 6) is 0.139. The first kappa shape index (κ1) is 13.5. The predicted molar refractivity (Wildman–Crippen MR) is 75.0 cm³/mol. The Balaban J connectivity index is 2.01. The minimum absolute atomic E-state index is 0.139. The summed E-state index contributed by atoms with van der Waals surface area (Å²) in [5.41, 5.74) is 2.17. The molecule has 0 aliphatic heterocycles. The van der Waals surface area contributed by atoms with Crippen molar-refractivity contribution >= 4 is 5.78 Å². The second-order valence-corrected chi connectivity index (χ2v) is 4.68. The maximum absolute atomic E-state index is 11.4. The van der Waals surface area contributed by atoms with Gasteiger partial charge in [-0.1, -0.05) is 30.3 Å². The number of rotatable bonds is 6. The molecule has 0 radical (unpaired) electrons. The summed E-state index contributed by atoms with van der Waals surface area (Å²) in [6, 6.07) is 10.1. The van der Waals surface area contributed by atoms with Gasteiger partial charge < -0.3 is 9.88 Å². The van der Waals surface area contributed by atoms with E-state index in [-0.39, 0.29) is 11.8 Å². The van der Waals surface area contributed by atoms with Crippen molar-refractivity contribution in [2.45, 2.75) is 25.9 Å². The molecule has 0 saturated heterocycles. The molecule has 2 aromatic rings. The van der Waals surface area contributed by atoms with Crippen LogP contribution in [0.15, 0.2) is 42.9 Å². The van der Waals surface area contributed by atoms with Crippen LogP contribution in [0.5, 0.6) is 0 Å². The van der Waals surface area contributed by atoms with Crippen molar-refractivity contribution in [1.29, 1.82) is 0 Å². The van der Waals surface area contributed by atoms with Crippen LogP contribution in [0.25, 0.3) is 0 Å². The number of Topliss-reactive ketones (excluding diaryl/α,β-unsaturated/α-hetero) is 1. The quantitative estimate of drug-likeness (QED) is 0.856. The predicted octanol–water partition coefficient (Wildman–Crippen LogP) is 1.65. The number of aromatic nitrogens is 2. The lowest BCUT2D eigenvalue weighted by Gasteiger charge is -2.10. The molecule has 1 unspecified atom stereocenters. The van der Waals surface area contributed by atoms with Crippen LogP contribution in [0.3, 0.4) is 0 Å². The van der Waals surface area contributed by atoms with Gasteiger partial charge in [0.05, 0.1) is 18.1 Å². The molecular weight excluding hydrogens is 238 g/mol. The Morgan fingerprint density at radius 1 is 1.37 bits per heavy atom. The van der Waals surface area contributed by atoms with E-state index in [0.29, 0.717) is 6.42 Å². The van der Waals surface area contributed by atoms with Gasteiger partial charge in [0.2, 0.25) is 0 Å². The van der Waals surface area contributed by atoms with Crippen molar-refractivity contribution in [1.82, 2.24) is 14.9 Å². The van der Waals surface area contributed by atoms with Crippen LogP contribution in [0.1, 0.15) is 18.2 Å². The lowest BCUT2D eigenvalue weighted by molar-refractivity contribution is -0.118. The Kier molecular flexibility index (Phi) is 4.47. The first-order chi connectivity index (χ1) is 9.19. The highest BCUT2D eigenvalue weighted by atomic mass is 16.1. The van der Waals surface area contributed by atoms with Crippen LogP contribution in [0.2, 0.25) is 0 Å². The van der Waals surface area contributed by atoms with E-state index >= 15 is 0 Å². The van der Waals surface area contributed by atoms with Crippen molar-refractivity contribution in [2.75, 3.05) is 7.05 Å². The van der Waals surface area contributed by atoms with E-state index in [1.54, 1.807) is 14.0 Å². The smallest absolute Gasteiger partial charge is 0.147 e. The molecule has 100 valence electrons. The molecule has 2 rings (SSSR count). The maximum Gasteiger partial charge on any atom is 0.147 e. The zero-order valence-electron chi connectivity index (χ0n) is 11.3. The Hall–Kier alpha value is -1.94. The van der Waals surface area contributed by atoms with Gasteiger partial charge in [-0.25, -0.2) is 4.98 Å². The lowest BCUT2D eigenvalue weighted by Crippen LogP contribution is -2.34. The van der Waals surface area contributed by atoms with E-state index < -0.39 is 0 Å². The van der Waals surface area contributed by atoms with Crippen LogP contribution in [0.4, 0.5) is 0 Å². The number of ketones is 1. The average Bonchev–Trinajstić information content (AvgIpc) is 2.84. The zero-order valence-corrected chi connectivity index (χ0v) is 11.3. The fourth-order valence-corrected chi connectivity index (χ4v) is 2.05. The second-order valence-electron chi connectivity index (χ2n) is 4.68. The average molecular weight is 257 g/mol. The van der Waals surface area contributed by atoms with Gasteiger partial charge >= 0.3 is 0 Å². The van der Waals surface area contributed by atoms with Crippen molar-refractivity contribution in [3.05, 3.63) is 54.1 Å². The van der Waals surface area contributed by atoms with E-state index in [1.807, 2.05) is 35.3 Å². The summed E-state index contributed by atoms with van der Waals surface area (Å²) in [4.78, 5) is 15.7. The Morgan fingerprint density at radius 2 is 2.11 bits per heavy atom. The number of likely N-dealkylation sites (N-methyl/N-ethyl adjacent to an activating group) is 1. The highest BCUT2D eigenvalue weighted by Crippen LogP contribution is 2.06. The number of imidazole rings is 1. The lowest BCUT2D eigenvalue weighted by atomic mass is 10.1. The Morgan fingerprint density at radius 3 is 2.74 bits per heavy atom. The minimum atomic E-state index is -0.153. The third-order valence-corrected chi connectivity index (χ3v) is 3.15. The van der Waals surface area contributed by atoms with Gasteiger partial charge in [-0.05, 0) is 19.5 Å². The van der Waals surface area contributed by atoms with Gasteiger partial charge in [-0.15, -0.1) is 0 Å². The van der Waals surface area contributed by atoms with Crippen LogP contribution < -0.4 is 5.32 Å². The highest BCUT2D eigenvalue weighted by molar-refractivity contribution is 5.81. The normalized spacial score (nSPS) is 12.3. The summed E-state index contributed by atoms with van der Waals surface area (Å²) in [7, 11) is 1.80. The molecule has 1 aromatic heterocycles. The van der Waals surface area contributed by atoms with Gasteiger partial charge in [0.25, 0.3) is 0 Å². The fourth-order valence-electron chi connectivity index (χ4n) is 2.05. The summed E-state index contributed by atoms with van der Waals surface area (Å²) < 4.78 is 2.04.